The fraction of sp³-hybridized carbons (Fsp3) is 0.600. The van der Waals surface area contributed by atoms with Crippen LogP contribution in [0.15, 0.2) is 29.2 Å². The number of hydrogen-bond acceptors (Lipinski definition) is 4. The van der Waals surface area contributed by atoms with Crippen molar-refractivity contribution in [2.75, 3.05) is 35.8 Å². The normalized spacial score (nSPS) is 21.1. The molecule has 0 spiro atoms. The van der Waals surface area contributed by atoms with E-state index >= 15 is 0 Å². The highest BCUT2D eigenvalue weighted by molar-refractivity contribution is 7.99. The van der Waals surface area contributed by atoms with Gasteiger partial charge in [0, 0.05) is 29.7 Å². The molecule has 0 N–H and O–H groups in total. The summed E-state index contributed by atoms with van der Waals surface area (Å²) in [7, 11) is -2.89. The molecule has 110 valence electrons. The molecule has 1 aliphatic heterocycles. The number of benzene rings is 1. The molecule has 1 heterocycles. The van der Waals surface area contributed by atoms with Crippen molar-refractivity contribution in [1.82, 2.24) is 0 Å². The van der Waals surface area contributed by atoms with Gasteiger partial charge in [-0.3, -0.25) is 0 Å². The molecular weight excluding hydrogens is 290 g/mol. The summed E-state index contributed by atoms with van der Waals surface area (Å²) in [4.78, 5) is 3.74. The molecule has 3 rings (SSSR count). The van der Waals surface area contributed by atoms with Crippen LogP contribution in [0, 0.1) is 5.41 Å². The van der Waals surface area contributed by atoms with Gasteiger partial charge in [0.25, 0.3) is 0 Å². The first-order valence-corrected chi connectivity index (χ1v) is 10.2. The highest BCUT2D eigenvalue weighted by Crippen LogP contribution is 2.48. The van der Waals surface area contributed by atoms with E-state index in [9.17, 15) is 8.42 Å². The second-order valence-electron chi connectivity index (χ2n) is 6.16. The van der Waals surface area contributed by atoms with Crippen LogP contribution in [-0.4, -0.2) is 39.3 Å². The van der Waals surface area contributed by atoms with Crippen molar-refractivity contribution in [3.8, 4) is 0 Å². The topological polar surface area (TPSA) is 37.4 Å². The summed E-state index contributed by atoms with van der Waals surface area (Å²) in [6.07, 6.45) is 4.62. The summed E-state index contributed by atoms with van der Waals surface area (Å²) in [5.74, 6) is 1.48. The van der Waals surface area contributed by atoms with E-state index < -0.39 is 9.84 Å². The van der Waals surface area contributed by atoms with Gasteiger partial charge in [-0.2, -0.15) is 0 Å². The first kappa shape index (κ1) is 14.3. The maximum Gasteiger partial charge on any atom is 0.148 e. The Bertz CT molecular complexity index is 594. The van der Waals surface area contributed by atoms with E-state index in [1.54, 1.807) is 0 Å². The summed E-state index contributed by atoms with van der Waals surface area (Å²) in [6.45, 7) is 1.92. The monoisotopic (exact) mass is 311 g/mol. The number of anilines is 1. The molecule has 1 fully saturated rings. The highest BCUT2D eigenvalue weighted by atomic mass is 32.2. The molecule has 0 radical (unpaired) electrons. The standard InChI is InChI=1S/C15H21NO2S2/c1-20(17,18)12-15(7-8-15)11-16-9-4-10-19-14-6-3-2-5-13(14)16/h2-3,5-6H,4,7-12H2,1H3. The van der Waals surface area contributed by atoms with Gasteiger partial charge >= 0.3 is 0 Å². The van der Waals surface area contributed by atoms with E-state index in [-0.39, 0.29) is 5.41 Å². The van der Waals surface area contributed by atoms with Crippen molar-refractivity contribution in [1.29, 1.82) is 0 Å². The van der Waals surface area contributed by atoms with Gasteiger partial charge in [0.15, 0.2) is 0 Å². The van der Waals surface area contributed by atoms with Gasteiger partial charge in [-0.25, -0.2) is 8.42 Å². The summed E-state index contributed by atoms with van der Waals surface area (Å²) in [6, 6.07) is 8.51. The Morgan fingerprint density at radius 2 is 2.05 bits per heavy atom. The lowest BCUT2D eigenvalue weighted by Gasteiger charge is -2.29. The smallest absolute Gasteiger partial charge is 0.148 e. The van der Waals surface area contributed by atoms with Gasteiger partial charge in [0.2, 0.25) is 0 Å². The minimum Gasteiger partial charge on any atom is -0.370 e. The van der Waals surface area contributed by atoms with E-state index in [2.05, 4.69) is 29.2 Å². The number of rotatable bonds is 4. The molecule has 2 aliphatic rings. The SMILES string of the molecule is CS(=O)(=O)CC1(CN2CCCSc3ccccc32)CC1. The van der Waals surface area contributed by atoms with Crippen molar-refractivity contribution in [3.05, 3.63) is 24.3 Å². The van der Waals surface area contributed by atoms with Crippen molar-refractivity contribution in [2.24, 2.45) is 5.41 Å². The summed E-state index contributed by atoms with van der Waals surface area (Å²) < 4.78 is 23.2. The second-order valence-corrected chi connectivity index (χ2v) is 9.44. The summed E-state index contributed by atoms with van der Waals surface area (Å²) >= 11 is 1.91. The fourth-order valence-electron chi connectivity index (χ4n) is 3.05. The van der Waals surface area contributed by atoms with E-state index in [0.717, 1.165) is 38.1 Å². The van der Waals surface area contributed by atoms with Crippen LogP contribution in [-0.2, 0) is 9.84 Å². The number of fused-ring (bicyclic) bond motifs is 1. The van der Waals surface area contributed by atoms with Crippen LogP contribution in [0.1, 0.15) is 19.3 Å². The van der Waals surface area contributed by atoms with E-state index in [0.29, 0.717) is 5.75 Å². The molecule has 1 aromatic carbocycles. The van der Waals surface area contributed by atoms with Gasteiger partial charge in [-0.15, -0.1) is 11.8 Å². The largest absolute Gasteiger partial charge is 0.370 e. The molecule has 20 heavy (non-hydrogen) atoms. The molecule has 0 unspecified atom stereocenters. The van der Waals surface area contributed by atoms with Crippen molar-refractivity contribution >= 4 is 27.3 Å². The quantitative estimate of drug-likeness (QED) is 0.857. The van der Waals surface area contributed by atoms with Crippen LogP contribution >= 0.6 is 11.8 Å². The maximum atomic E-state index is 11.6. The van der Waals surface area contributed by atoms with Gasteiger partial charge < -0.3 is 4.90 Å². The van der Waals surface area contributed by atoms with Crippen molar-refractivity contribution in [3.63, 3.8) is 0 Å². The molecule has 1 aromatic rings. The van der Waals surface area contributed by atoms with E-state index in [4.69, 9.17) is 0 Å². The van der Waals surface area contributed by atoms with E-state index in [1.165, 1.54) is 16.8 Å². The average molecular weight is 311 g/mol. The average Bonchev–Trinajstić information content (AvgIpc) is 3.13. The third-order valence-corrected chi connectivity index (χ3v) is 6.37. The Hall–Kier alpha value is -0.680. The van der Waals surface area contributed by atoms with Gasteiger partial charge in [0.05, 0.1) is 11.4 Å². The van der Waals surface area contributed by atoms with Gasteiger partial charge in [-0.05, 0) is 37.1 Å². The maximum absolute atomic E-state index is 11.6. The van der Waals surface area contributed by atoms with Crippen LogP contribution in [0.4, 0.5) is 5.69 Å². The van der Waals surface area contributed by atoms with Crippen LogP contribution in [0.3, 0.4) is 0 Å². The third kappa shape index (κ3) is 3.31. The number of hydrogen-bond donors (Lipinski definition) is 0. The summed E-state index contributed by atoms with van der Waals surface area (Å²) in [5.41, 5.74) is 1.30. The number of nitrogens with zero attached hydrogens (tertiary/aromatic N) is 1. The van der Waals surface area contributed by atoms with Crippen LogP contribution in [0.25, 0.3) is 0 Å². The molecule has 1 saturated carbocycles. The van der Waals surface area contributed by atoms with Gasteiger partial charge in [0.1, 0.15) is 9.84 Å². The number of sulfone groups is 1. The second kappa shape index (κ2) is 5.26. The Morgan fingerprint density at radius 3 is 2.75 bits per heavy atom. The highest BCUT2D eigenvalue weighted by Gasteiger charge is 2.46. The van der Waals surface area contributed by atoms with Gasteiger partial charge in [-0.1, -0.05) is 12.1 Å². The first-order chi connectivity index (χ1) is 9.48. The predicted molar refractivity (Wildman–Crippen MR) is 85.4 cm³/mol. The number of thioether (sulfide) groups is 1. The Morgan fingerprint density at radius 1 is 1.30 bits per heavy atom. The van der Waals surface area contributed by atoms with Crippen LogP contribution < -0.4 is 4.90 Å². The lowest BCUT2D eigenvalue weighted by Crippen LogP contribution is -2.34. The molecule has 0 aromatic heterocycles. The molecule has 3 nitrogen and oxygen atoms in total. The lowest BCUT2D eigenvalue weighted by molar-refractivity contribution is 0.528. The van der Waals surface area contributed by atoms with Crippen LogP contribution in [0.5, 0.6) is 0 Å². The fourth-order valence-corrected chi connectivity index (χ4v) is 5.55. The van der Waals surface area contributed by atoms with Crippen molar-refractivity contribution < 1.29 is 8.42 Å². The zero-order valence-electron chi connectivity index (χ0n) is 11.8. The Kier molecular flexibility index (Phi) is 3.75. The Labute approximate surface area is 125 Å². The lowest BCUT2D eigenvalue weighted by atomic mass is 10.1. The molecular formula is C15H21NO2S2. The van der Waals surface area contributed by atoms with E-state index in [1.807, 2.05) is 11.8 Å². The molecule has 1 aliphatic carbocycles. The summed E-state index contributed by atoms with van der Waals surface area (Å²) in [5, 5.41) is 0. The molecule has 0 bridgehead atoms. The van der Waals surface area contributed by atoms with Crippen molar-refractivity contribution in [2.45, 2.75) is 24.2 Å². The Balaban J connectivity index is 1.81. The number of para-hydroxylation sites is 1. The minimum absolute atomic E-state index is 0.00962. The zero-order valence-corrected chi connectivity index (χ0v) is 13.5. The third-order valence-electron chi connectivity index (χ3n) is 4.09. The molecule has 0 atom stereocenters. The molecule has 5 heteroatoms. The van der Waals surface area contributed by atoms with Crippen LogP contribution in [0.2, 0.25) is 0 Å². The first-order valence-electron chi connectivity index (χ1n) is 7.12. The predicted octanol–water partition coefficient (Wildman–Crippen LogP) is 2.81. The molecule has 0 saturated heterocycles. The zero-order chi connectivity index (χ0) is 14.2. The molecule has 0 amide bonds. The minimum atomic E-state index is -2.89.